The SMILES string of the molecule is COc1ccc(N2C(=O)CC(N(CC3CCCO3)C(=O)c3ccc(Cl)c([N+](=O)[O-])c3)C2=O)cc1. The van der Waals surface area contributed by atoms with Crippen molar-refractivity contribution in [3.05, 3.63) is 63.2 Å². The molecule has 10 nitrogen and oxygen atoms in total. The van der Waals surface area contributed by atoms with Gasteiger partial charge in [0.05, 0.1) is 30.2 Å². The largest absolute Gasteiger partial charge is 0.497 e. The Morgan fingerprint density at radius 2 is 2.00 bits per heavy atom. The molecular formula is C23H22ClN3O7. The van der Waals surface area contributed by atoms with Gasteiger partial charge in [-0.05, 0) is 49.2 Å². The number of methoxy groups -OCH3 is 1. The van der Waals surface area contributed by atoms with E-state index in [9.17, 15) is 24.5 Å². The van der Waals surface area contributed by atoms with E-state index in [1.807, 2.05) is 0 Å². The first-order valence-electron chi connectivity index (χ1n) is 10.7. The Labute approximate surface area is 200 Å². The number of imide groups is 1. The molecule has 0 saturated carbocycles. The van der Waals surface area contributed by atoms with Crippen LogP contribution in [0.25, 0.3) is 0 Å². The van der Waals surface area contributed by atoms with E-state index in [1.54, 1.807) is 24.3 Å². The molecule has 2 aromatic rings. The molecule has 2 atom stereocenters. The molecule has 2 heterocycles. The Bertz CT molecular complexity index is 1130. The number of anilines is 1. The standard InChI is InChI=1S/C23H22ClN3O7/c1-33-16-7-5-15(6-8-16)26-21(28)12-20(23(26)30)25(13-17-3-2-10-34-17)22(29)14-4-9-18(24)19(11-14)27(31)32/h4-9,11,17,20H,2-3,10,12-13H2,1H3. The van der Waals surface area contributed by atoms with Crippen LogP contribution in [0, 0.1) is 10.1 Å². The van der Waals surface area contributed by atoms with Crippen LogP contribution in [0.15, 0.2) is 42.5 Å². The molecule has 2 aromatic carbocycles. The highest BCUT2D eigenvalue weighted by molar-refractivity contribution is 6.32. The fraction of sp³-hybridized carbons (Fsp3) is 0.348. The topological polar surface area (TPSA) is 119 Å². The van der Waals surface area contributed by atoms with Crippen molar-refractivity contribution in [2.24, 2.45) is 0 Å². The molecule has 11 heteroatoms. The Hall–Kier alpha value is -3.50. The summed E-state index contributed by atoms with van der Waals surface area (Å²) in [5, 5.41) is 11.2. The highest BCUT2D eigenvalue weighted by Gasteiger charge is 2.45. The average Bonchev–Trinajstić information content (AvgIpc) is 3.44. The third-order valence-corrected chi connectivity index (χ3v) is 6.22. The molecule has 178 valence electrons. The maximum Gasteiger partial charge on any atom is 0.288 e. The lowest BCUT2D eigenvalue weighted by Gasteiger charge is -2.30. The number of amides is 3. The highest BCUT2D eigenvalue weighted by atomic mass is 35.5. The maximum atomic E-state index is 13.5. The van der Waals surface area contributed by atoms with E-state index in [0.29, 0.717) is 24.5 Å². The number of ether oxygens (including phenoxy) is 2. The van der Waals surface area contributed by atoms with Crippen molar-refractivity contribution in [2.75, 3.05) is 25.2 Å². The van der Waals surface area contributed by atoms with Crippen LogP contribution >= 0.6 is 11.6 Å². The van der Waals surface area contributed by atoms with Gasteiger partial charge in [0.25, 0.3) is 17.5 Å². The molecule has 0 spiro atoms. The van der Waals surface area contributed by atoms with Gasteiger partial charge >= 0.3 is 0 Å². The number of halogens is 1. The summed E-state index contributed by atoms with van der Waals surface area (Å²) in [6, 6.07) is 9.08. The van der Waals surface area contributed by atoms with Gasteiger partial charge in [0.2, 0.25) is 5.91 Å². The molecule has 0 aromatic heterocycles. The summed E-state index contributed by atoms with van der Waals surface area (Å²) in [6.07, 6.45) is 0.999. The Morgan fingerprint density at radius 3 is 2.62 bits per heavy atom. The fourth-order valence-corrected chi connectivity index (χ4v) is 4.36. The summed E-state index contributed by atoms with van der Waals surface area (Å²) < 4.78 is 10.8. The van der Waals surface area contributed by atoms with E-state index < -0.39 is 34.4 Å². The van der Waals surface area contributed by atoms with Gasteiger partial charge < -0.3 is 14.4 Å². The van der Waals surface area contributed by atoms with Gasteiger partial charge in [0.1, 0.15) is 16.8 Å². The molecule has 2 aliphatic heterocycles. The molecule has 2 fully saturated rings. The van der Waals surface area contributed by atoms with Crippen molar-refractivity contribution in [3.8, 4) is 5.75 Å². The van der Waals surface area contributed by atoms with Crippen LogP contribution in [0.4, 0.5) is 11.4 Å². The molecule has 3 amide bonds. The molecule has 0 radical (unpaired) electrons. The van der Waals surface area contributed by atoms with E-state index >= 15 is 0 Å². The summed E-state index contributed by atoms with van der Waals surface area (Å²) in [5.74, 6) is -1.05. The number of rotatable bonds is 7. The van der Waals surface area contributed by atoms with Crippen LogP contribution in [0.1, 0.15) is 29.6 Å². The van der Waals surface area contributed by atoms with Gasteiger partial charge in [-0.15, -0.1) is 0 Å². The van der Waals surface area contributed by atoms with Gasteiger partial charge in [0.15, 0.2) is 0 Å². The zero-order valence-electron chi connectivity index (χ0n) is 18.3. The minimum absolute atomic E-state index is 0.00255. The Morgan fingerprint density at radius 1 is 1.26 bits per heavy atom. The van der Waals surface area contributed by atoms with Crippen molar-refractivity contribution >= 4 is 40.7 Å². The van der Waals surface area contributed by atoms with Gasteiger partial charge in [-0.3, -0.25) is 24.5 Å². The zero-order valence-corrected chi connectivity index (χ0v) is 19.1. The molecule has 2 unspecified atom stereocenters. The smallest absolute Gasteiger partial charge is 0.288 e. The van der Waals surface area contributed by atoms with Gasteiger partial charge in [-0.1, -0.05) is 11.6 Å². The lowest BCUT2D eigenvalue weighted by molar-refractivity contribution is -0.384. The van der Waals surface area contributed by atoms with Crippen LogP contribution in [-0.4, -0.2) is 60.0 Å². The molecule has 2 aliphatic rings. The number of benzene rings is 2. The van der Waals surface area contributed by atoms with Gasteiger partial charge in [0, 0.05) is 24.8 Å². The predicted molar refractivity (Wildman–Crippen MR) is 122 cm³/mol. The zero-order chi connectivity index (χ0) is 24.4. The number of carbonyl (C=O) groups excluding carboxylic acids is 3. The molecular weight excluding hydrogens is 466 g/mol. The highest BCUT2D eigenvalue weighted by Crippen LogP contribution is 2.31. The molecule has 2 saturated heterocycles. The first-order valence-corrected chi connectivity index (χ1v) is 11.1. The lowest BCUT2D eigenvalue weighted by atomic mass is 10.1. The normalized spacial score (nSPS) is 20.0. The number of carbonyl (C=O) groups is 3. The summed E-state index contributed by atoms with van der Waals surface area (Å²) >= 11 is 5.89. The minimum atomic E-state index is -1.07. The van der Waals surface area contributed by atoms with E-state index in [2.05, 4.69) is 0 Å². The van der Waals surface area contributed by atoms with E-state index in [0.717, 1.165) is 17.4 Å². The number of nitro benzene ring substituents is 1. The lowest BCUT2D eigenvalue weighted by Crippen LogP contribution is -2.48. The first-order chi connectivity index (χ1) is 16.3. The summed E-state index contributed by atoms with van der Waals surface area (Å²) in [5.41, 5.74) is -0.0551. The van der Waals surface area contributed by atoms with Crippen molar-refractivity contribution in [1.82, 2.24) is 4.90 Å². The second-order valence-electron chi connectivity index (χ2n) is 8.00. The van der Waals surface area contributed by atoms with E-state index in [1.165, 1.54) is 24.1 Å². The third-order valence-electron chi connectivity index (χ3n) is 5.90. The van der Waals surface area contributed by atoms with Gasteiger partial charge in [-0.25, -0.2) is 4.90 Å². The first kappa shape index (κ1) is 23.7. The van der Waals surface area contributed by atoms with Crippen molar-refractivity contribution in [2.45, 2.75) is 31.4 Å². The Balaban J connectivity index is 1.66. The van der Waals surface area contributed by atoms with Crippen LogP contribution in [0.3, 0.4) is 0 Å². The van der Waals surface area contributed by atoms with Crippen LogP contribution in [0.2, 0.25) is 5.02 Å². The molecule has 4 rings (SSSR count). The predicted octanol–water partition coefficient (Wildman–Crippen LogP) is 3.21. The quantitative estimate of drug-likeness (QED) is 0.334. The van der Waals surface area contributed by atoms with Crippen molar-refractivity contribution < 1.29 is 28.8 Å². The summed E-state index contributed by atoms with van der Waals surface area (Å²) in [7, 11) is 1.51. The van der Waals surface area contributed by atoms with Gasteiger partial charge in [-0.2, -0.15) is 0 Å². The number of hydrogen-bond donors (Lipinski definition) is 0. The monoisotopic (exact) mass is 487 g/mol. The number of hydrogen-bond acceptors (Lipinski definition) is 7. The Kier molecular flexibility index (Phi) is 6.80. The average molecular weight is 488 g/mol. The molecule has 34 heavy (non-hydrogen) atoms. The fourth-order valence-electron chi connectivity index (χ4n) is 4.17. The van der Waals surface area contributed by atoms with E-state index in [4.69, 9.17) is 21.1 Å². The van der Waals surface area contributed by atoms with Crippen molar-refractivity contribution in [1.29, 1.82) is 0 Å². The van der Waals surface area contributed by atoms with Crippen LogP contribution < -0.4 is 9.64 Å². The van der Waals surface area contributed by atoms with Crippen molar-refractivity contribution in [3.63, 3.8) is 0 Å². The second kappa shape index (κ2) is 9.78. The second-order valence-corrected chi connectivity index (χ2v) is 8.41. The molecule has 0 N–H and O–H groups in total. The number of nitro groups is 1. The molecule has 0 aliphatic carbocycles. The minimum Gasteiger partial charge on any atom is -0.497 e. The summed E-state index contributed by atoms with van der Waals surface area (Å²) in [4.78, 5) is 52.6. The summed E-state index contributed by atoms with van der Waals surface area (Å²) in [6.45, 7) is 0.615. The maximum absolute atomic E-state index is 13.5. The number of nitrogens with zero attached hydrogens (tertiary/aromatic N) is 3. The third kappa shape index (κ3) is 4.59. The molecule has 0 bridgehead atoms. The van der Waals surface area contributed by atoms with E-state index in [-0.39, 0.29) is 29.7 Å². The van der Waals surface area contributed by atoms with Crippen LogP contribution in [0.5, 0.6) is 5.75 Å². The van der Waals surface area contributed by atoms with Crippen LogP contribution in [-0.2, 0) is 14.3 Å².